The molecule has 116 valence electrons. The highest BCUT2D eigenvalue weighted by atomic mass is 16.5. The molecule has 1 amide bonds. The van der Waals surface area contributed by atoms with Crippen LogP contribution < -0.4 is 10.1 Å². The Bertz CT molecular complexity index is 854. The molecular weight excluding hydrogens is 288 g/mol. The van der Waals surface area contributed by atoms with Gasteiger partial charge in [-0.3, -0.25) is 9.78 Å². The number of hydrogen-bond donors (Lipinski definition) is 1. The molecule has 3 aromatic rings. The number of carbonyl (C=O) groups excluding carboxylic acids is 1. The summed E-state index contributed by atoms with van der Waals surface area (Å²) in [4.78, 5) is 16.4. The van der Waals surface area contributed by atoms with Crippen LogP contribution in [0.2, 0.25) is 0 Å². The fourth-order valence-electron chi connectivity index (χ4n) is 2.34. The average molecular weight is 306 g/mol. The quantitative estimate of drug-likeness (QED) is 0.796. The number of para-hydroxylation sites is 1. The molecule has 0 aliphatic rings. The third-order valence-corrected chi connectivity index (χ3v) is 3.76. The first-order valence-electron chi connectivity index (χ1n) is 7.47. The molecule has 0 aliphatic heterocycles. The highest BCUT2D eigenvalue weighted by Crippen LogP contribution is 2.21. The summed E-state index contributed by atoms with van der Waals surface area (Å²) in [5, 5.41) is 3.84. The monoisotopic (exact) mass is 306 g/mol. The molecule has 0 saturated carbocycles. The summed E-state index contributed by atoms with van der Waals surface area (Å²) < 4.78 is 5.56. The largest absolute Gasteiger partial charge is 0.484 e. The second kappa shape index (κ2) is 6.48. The first kappa shape index (κ1) is 15.0. The Balaban J connectivity index is 1.68. The van der Waals surface area contributed by atoms with Crippen LogP contribution in [-0.4, -0.2) is 17.5 Å². The van der Waals surface area contributed by atoms with E-state index >= 15 is 0 Å². The maximum atomic E-state index is 12.1. The van der Waals surface area contributed by atoms with Crippen molar-refractivity contribution < 1.29 is 9.53 Å². The molecule has 4 heteroatoms. The number of amides is 1. The van der Waals surface area contributed by atoms with Gasteiger partial charge in [0.25, 0.3) is 5.91 Å². The number of nitrogens with one attached hydrogen (secondary N) is 1. The van der Waals surface area contributed by atoms with E-state index in [0.29, 0.717) is 11.4 Å². The van der Waals surface area contributed by atoms with E-state index in [2.05, 4.69) is 10.3 Å². The van der Waals surface area contributed by atoms with Crippen LogP contribution in [0, 0.1) is 13.8 Å². The highest BCUT2D eigenvalue weighted by molar-refractivity contribution is 6.00. The van der Waals surface area contributed by atoms with E-state index in [-0.39, 0.29) is 12.5 Å². The van der Waals surface area contributed by atoms with Crippen LogP contribution in [0.3, 0.4) is 0 Å². The van der Waals surface area contributed by atoms with E-state index in [0.717, 1.165) is 16.5 Å². The van der Waals surface area contributed by atoms with Gasteiger partial charge in [0, 0.05) is 11.6 Å². The van der Waals surface area contributed by atoms with Gasteiger partial charge in [0.1, 0.15) is 5.75 Å². The van der Waals surface area contributed by atoms with E-state index in [9.17, 15) is 4.79 Å². The number of carbonyl (C=O) groups is 1. The molecule has 0 saturated heterocycles. The number of benzene rings is 2. The molecule has 2 aromatic carbocycles. The molecule has 3 rings (SSSR count). The zero-order valence-corrected chi connectivity index (χ0v) is 13.2. The SMILES string of the molecule is Cc1ccc(OCC(=O)Nc2cccc3cccnc23)cc1C. The van der Waals surface area contributed by atoms with Gasteiger partial charge in [-0.05, 0) is 49.2 Å². The number of ether oxygens (including phenoxy) is 1. The van der Waals surface area contributed by atoms with Crippen LogP contribution in [0.5, 0.6) is 5.75 Å². The number of aryl methyl sites for hydroxylation is 2. The summed E-state index contributed by atoms with van der Waals surface area (Å²) in [6, 6.07) is 15.3. The molecule has 23 heavy (non-hydrogen) atoms. The van der Waals surface area contributed by atoms with Crippen molar-refractivity contribution >= 4 is 22.5 Å². The molecule has 1 aromatic heterocycles. The molecule has 0 atom stereocenters. The minimum absolute atomic E-state index is 0.0360. The van der Waals surface area contributed by atoms with Gasteiger partial charge in [-0.15, -0.1) is 0 Å². The summed E-state index contributed by atoms with van der Waals surface area (Å²) in [5.41, 5.74) is 3.80. The topological polar surface area (TPSA) is 51.2 Å². The zero-order chi connectivity index (χ0) is 16.2. The molecule has 4 nitrogen and oxygen atoms in total. The molecule has 0 spiro atoms. The fraction of sp³-hybridized carbons (Fsp3) is 0.158. The Kier molecular flexibility index (Phi) is 4.24. The van der Waals surface area contributed by atoms with E-state index in [1.165, 1.54) is 5.56 Å². The number of fused-ring (bicyclic) bond motifs is 1. The van der Waals surface area contributed by atoms with Gasteiger partial charge in [-0.2, -0.15) is 0 Å². The summed E-state index contributed by atoms with van der Waals surface area (Å²) >= 11 is 0. The maximum absolute atomic E-state index is 12.1. The first-order chi connectivity index (χ1) is 11.1. The van der Waals surface area contributed by atoms with Crippen molar-refractivity contribution in [3.05, 3.63) is 65.9 Å². The standard InChI is InChI=1S/C19H18N2O2/c1-13-8-9-16(11-14(13)2)23-12-18(22)21-17-7-3-5-15-6-4-10-20-19(15)17/h3-11H,12H2,1-2H3,(H,21,22). The lowest BCUT2D eigenvalue weighted by atomic mass is 10.1. The third kappa shape index (κ3) is 3.48. The average Bonchev–Trinajstić information content (AvgIpc) is 2.56. The van der Waals surface area contributed by atoms with Crippen molar-refractivity contribution in [3.8, 4) is 5.75 Å². The van der Waals surface area contributed by atoms with Crippen molar-refractivity contribution in [2.24, 2.45) is 0 Å². The van der Waals surface area contributed by atoms with Crippen molar-refractivity contribution in [3.63, 3.8) is 0 Å². The Morgan fingerprint density at radius 2 is 1.91 bits per heavy atom. The first-order valence-corrected chi connectivity index (χ1v) is 7.47. The fourth-order valence-corrected chi connectivity index (χ4v) is 2.34. The van der Waals surface area contributed by atoms with Gasteiger partial charge < -0.3 is 10.1 Å². The van der Waals surface area contributed by atoms with Crippen molar-refractivity contribution in [1.29, 1.82) is 0 Å². The van der Waals surface area contributed by atoms with Gasteiger partial charge in [-0.25, -0.2) is 0 Å². The Labute approximate surface area is 135 Å². The summed E-state index contributed by atoms with van der Waals surface area (Å²) in [6.45, 7) is 4.02. The van der Waals surface area contributed by atoms with Gasteiger partial charge in [-0.1, -0.05) is 24.3 Å². The summed E-state index contributed by atoms with van der Waals surface area (Å²) in [7, 11) is 0. The molecule has 0 aliphatic carbocycles. The maximum Gasteiger partial charge on any atom is 0.262 e. The normalized spacial score (nSPS) is 10.5. The second-order valence-corrected chi connectivity index (χ2v) is 5.46. The minimum atomic E-state index is -0.207. The number of nitrogens with zero attached hydrogens (tertiary/aromatic N) is 1. The lowest BCUT2D eigenvalue weighted by molar-refractivity contribution is -0.118. The predicted molar refractivity (Wildman–Crippen MR) is 91.8 cm³/mol. The Hall–Kier alpha value is -2.88. The predicted octanol–water partition coefficient (Wildman–Crippen LogP) is 3.87. The lowest BCUT2D eigenvalue weighted by Gasteiger charge is -2.10. The number of pyridine rings is 1. The van der Waals surface area contributed by atoms with Crippen molar-refractivity contribution in [1.82, 2.24) is 4.98 Å². The summed E-state index contributed by atoms with van der Waals surface area (Å²) in [5.74, 6) is 0.487. The Morgan fingerprint density at radius 1 is 1.09 bits per heavy atom. The van der Waals surface area contributed by atoms with Gasteiger partial charge >= 0.3 is 0 Å². The van der Waals surface area contributed by atoms with Gasteiger partial charge in [0.15, 0.2) is 6.61 Å². The van der Waals surface area contributed by atoms with E-state index in [1.807, 2.05) is 62.4 Å². The van der Waals surface area contributed by atoms with Crippen LogP contribution in [0.4, 0.5) is 5.69 Å². The molecule has 0 radical (unpaired) electrons. The zero-order valence-electron chi connectivity index (χ0n) is 13.2. The van der Waals surface area contributed by atoms with Crippen LogP contribution in [0.15, 0.2) is 54.7 Å². The van der Waals surface area contributed by atoms with E-state index < -0.39 is 0 Å². The Morgan fingerprint density at radius 3 is 2.74 bits per heavy atom. The van der Waals surface area contributed by atoms with Crippen LogP contribution in [-0.2, 0) is 4.79 Å². The molecule has 0 unspecified atom stereocenters. The smallest absolute Gasteiger partial charge is 0.262 e. The number of aromatic nitrogens is 1. The molecule has 1 N–H and O–H groups in total. The van der Waals surface area contributed by atoms with Crippen molar-refractivity contribution in [2.45, 2.75) is 13.8 Å². The molecule has 0 bridgehead atoms. The second-order valence-electron chi connectivity index (χ2n) is 5.46. The summed E-state index contributed by atoms with van der Waals surface area (Å²) in [6.07, 6.45) is 1.71. The number of hydrogen-bond acceptors (Lipinski definition) is 3. The number of anilines is 1. The van der Waals surface area contributed by atoms with E-state index in [1.54, 1.807) is 6.20 Å². The minimum Gasteiger partial charge on any atom is -0.484 e. The third-order valence-electron chi connectivity index (χ3n) is 3.76. The highest BCUT2D eigenvalue weighted by Gasteiger charge is 2.07. The number of rotatable bonds is 4. The molecule has 0 fully saturated rings. The lowest BCUT2D eigenvalue weighted by Crippen LogP contribution is -2.20. The van der Waals surface area contributed by atoms with Crippen LogP contribution >= 0.6 is 0 Å². The van der Waals surface area contributed by atoms with Crippen LogP contribution in [0.1, 0.15) is 11.1 Å². The molecule has 1 heterocycles. The van der Waals surface area contributed by atoms with E-state index in [4.69, 9.17) is 4.74 Å². The van der Waals surface area contributed by atoms with Gasteiger partial charge in [0.05, 0.1) is 11.2 Å². The van der Waals surface area contributed by atoms with Crippen molar-refractivity contribution in [2.75, 3.05) is 11.9 Å². The molecular formula is C19H18N2O2. The van der Waals surface area contributed by atoms with Gasteiger partial charge in [0.2, 0.25) is 0 Å². The van der Waals surface area contributed by atoms with Crippen LogP contribution in [0.25, 0.3) is 10.9 Å².